The fraction of sp³-hybridized carbons (Fsp3) is 0.200. The zero-order chi connectivity index (χ0) is 17.4. The summed E-state index contributed by atoms with van der Waals surface area (Å²) in [6, 6.07) is 17.0. The Hall–Kier alpha value is -2.24. The highest BCUT2D eigenvalue weighted by Gasteiger charge is 2.41. The van der Waals surface area contributed by atoms with Gasteiger partial charge in [-0.05, 0) is 72.9 Å². The van der Waals surface area contributed by atoms with Crippen molar-refractivity contribution in [1.29, 1.82) is 0 Å². The van der Waals surface area contributed by atoms with Gasteiger partial charge in [0, 0.05) is 16.8 Å². The third-order valence-corrected chi connectivity index (χ3v) is 5.96. The van der Waals surface area contributed by atoms with Crippen molar-refractivity contribution < 1.29 is 0 Å². The van der Waals surface area contributed by atoms with E-state index in [4.69, 9.17) is 12.2 Å². The van der Waals surface area contributed by atoms with Gasteiger partial charge in [0.05, 0.1) is 17.8 Å². The Labute approximate surface area is 157 Å². The predicted octanol–water partition coefficient (Wildman–Crippen LogP) is 4.94. The maximum Gasteiger partial charge on any atom is 0.174 e. The van der Waals surface area contributed by atoms with Gasteiger partial charge in [-0.15, -0.1) is 11.3 Å². The number of nitrogens with one attached hydrogen (secondary N) is 1. The molecule has 0 saturated carbocycles. The number of hydrogen-bond acceptors (Lipinski definition) is 3. The molecule has 3 nitrogen and oxygen atoms in total. The monoisotopic (exact) mass is 365 g/mol. The predicted molar refractivity (Wildman–Crippen MR) is 108 cm³/mol. The Kier molecular flexibility index (Phi) is 4.27. The minimum atomic E-state index is 0.0361. The molecule has 4 rings (SSSR count). The van der Waals surface area contributed by atoms with Crippen molar-refractivity contribution in [2.45, 2.75) is 25.9 Å². The van der Waals surface area contributed by atoms with E-state index in [2.05, 4.69) is 70.8 Å². The lowest BCUT2D eigenvalue weighted by Crippen LogP contribution is -2.29. The van der Waals surface area contributed by atoms with Crippen LogP contribution in [-0.2, 0) is 0 Å². The number of aryl methyl sites for hydroxylation is 2. The second-order valence-corrected chi connectivity index (χ2v) is 7.65. The van der Waals surface area contributed by atoms with Crippen LogP contribution >= 0.6 is 23.6 Å². The largest absolute Gasteiger partial charge is 0.351 e. The smallest absolute Gasteiger partial charge is 0.174 e. The number of nitrogens with zero attached hydrogens (tertiary/aromatic N) is 2. The topological polar surface area (TPSA) is 28.2 Å². The third kappa shape index (κ3) is 2.94. The van der Waals surface area contributed by atoms with Gasteiger partial charge in [0.25, 0.3) is 0 Å². The summed E-state index contributed by atoms with van der Waals surface area (Å²) >= 11 is 7.48. The molecule has 0 bridgehead atoms. The summed E-state index contributed by atoms with van der Waals surface area (Å²) in [4.78, 5) is 8.08. The van der Waals surface area contributed by atoms with E-state index < -0.39 is 0 Å². The van der Waals surface area contributed by atoms with Crippen LogP contribution in [-0.4, -0.2) is 10.1 Å². The van der Waals surface area contributed by atoms with E-state index >= 15 is 0 Å². The van der Waals surface area contributed by atoms with Crippen LogP contribution in [0.25, 0.3) is 0 Å². The molecule has 1 N–H and O–H groups in total. The lowest BCUT2D eigenvalue weighted by atomic mass is 10.0. The van der Waals surface area contributed by atoms with Crippen LogP contribution in [0.15, 0.2) is 60.1 Å². The number of pyridine rings is 1. The van der Waals surface area contributed by atoms with Gasteiger partial charge in [-0.3, -0.25) is 4.98 Å². The van der Waals surface area contributed by atoms with E-state index in [-0.39, 0.29) is 12.1 Å². The molecule has 3 heterocycles. The first kappa shape index (κ1) is 16.2. The second kappa shape index (κ2) is 6.58. The molecule has 0 radical (unpaired) electrons. The van der Waals surface area contributed by atoms with E-state index in [0.29, 0.717) is 0 Å². The number of thiocarbonyl (C=S) groups is 1. The summed E-state index contributed by atoms with van der Waals surface area (Å²) < 4.78 is 0. The van der Waals surface area contributed by atoms with Gasteiger partial charge >= 0.3 is 0 Å². The zero-order valence-corrected chi connectivity index (χ0v) is 15.8. The van der Waals surface area contributed by atoms with Crippen molar-refractivity contribution in [1.82, 2.24) is 10.3 Å². The minimum Gasteiger partial charge on any atom is -0.351 e. The molecular formula is C20H19N3S2. The van der Waals surface area contributed by atoms with E-state index in [0.717, 1.165) is 16.5 Å². The molecule has 1 aliphatic heterocycles. The molecule has 0 aliphatic carbocycles. The highest BCUT2D eigenvalue weighted by molar-refractivity contribution is 7.80. The number of rotatable bonds is 3. The summed E-state index contributed by atoms with van der Waals surface area (Å²) in [5, 5.41) is 6.36. The molecule has 0 spiro atoms. The molecular weight excluding hydrogens is 346 g/mol. The van der Waals surface area contributed by atoms with Crippen molar-refractivity contribution in [3.8, 4) is 0 Å². The van der Waals surface area contributed by atoms with E-state index in [1.807, 2.05) is 18.3 Å². The molecule has 1 aromatic carbocycles. The van der Waals surface area contributed by atoms with Gasteiger partial charge in [-0.2, -0.15) is 0 Å². The van der Waals surface area contributed by atoms with Crippen LogP contribution in [0.4, 0.5) is 5.69 Å². The number of hydrogen-bond donors (Lipinski definition) is 1. The molecule has 3 aromatic rings. The van der Waals surface area contributed by atoms with Crippen molar-refractivity contribution in [3.05, 3.63) is 81.8 Å². The average Bonchev–Trinajstić information content (AvgIpc) is 3.25. The summed E-state index contributed by atoms with van der Waals surface area (Å²) in [5.41, 5.74) is 4.69. The third-order valence-electron chi connectivity index (χ3n) is 4.70. The first-order chi connectivity index (χ1) is 12.1. The summed E-state index contributed by atoms with van der Waals surface area (Å²) in [5.74, 6) is 0. The van der Waals surface area contributed by atoms with Crippen LogP contribution < -0.4 is 10.2 Å². The number of anilines is 1. The average molecular weight is 366 g/mol. The Morgan fingerprint density at radius 2 is 1.96 bits per heavy atom. The molecule has 25 heavy (non-hydrogen) atoms. The quantitative estimate of drug-likeness (QED) is 0.666. The maximum atomic E-state index is 5.72. The molecule has 2 aromatic heterocycles. The van der Waals surface area contributed by atoms with Gasteiger partial charge in [-0.1, -0.05) is 18.2 Å². The first-order valence-corrected chi connectivity index (χ1v) is 9.55. The Balaban J connectivity index is 1.82. The van der Waals surface area contributed by atoms with Crippen molar-refractivity contribution in [2.75, 3.05) is 4.90 Å². The van der Waals surface area contributed by atoms with Gasteiger partial charge in [-0.25, -0.2) is 0 Å². The maximum absolute atomic E-state index is 5.72. The molecule has 0 amide bonds. The molecule has 1 saturated heterocycles. The molecule has 126 valence electrons. The van der Waals surface area contributed by atoms with E-state index in [9.17, 15) is 0 Å². The van der Waals surface area contributed by atoms with Gasteiger partial charge in [0.1, 0.15) is 0 Å². The number of benzene rings is 1. The minimum absolute atomic E-state index is 0.0361. The Morgan fingerprint density at radius 1 is 1.08 bits per heavy atom. The summed E-state index contributed by atoms with van der Waals surface area (Å²) in [7, 11) is 0. The fourth-order valence-electron chi connectivity index (χ4n) is 3.26. The van der Waals surface area contributed by atoms with Crippen molar-refractivity contribution in [3.63, 3.8) is 0 Å². The second-order valence-electron chi connectivity index (χ2n) is 6.28. The standard InChI is InChI=1S/C20H19N3S2/c1-13-8-9-15(12-14(13)2)23-19(17-7-5-11-25-17)18(22-20(23)24)16-6-3-4-10-21-16/h3-12,18-19H,1-2H3,(H,22,24). The van der Waals surface area contributed by atoms with Gasteiger partial charge < -0.3 is 10.2 Å². The Bertz CT molecular complexity index is 891. The highest BCUT2D eigenvalue weighted by Crippen LogP contribution is 2.43. The normalized spacial score (nSPS) is 19.9. The zero-order valence-electron chi connectivity index (χ0n) is 14.1. The van der Waals surface area contributed by atoms with Crippen LogP contribution in [0.3, 0.4) is 0 Å². The van der Waals surface area contributed by atoms with Crippen LogP contribution in [0.2, 0.25) is 0 Å². The van der Waals surface area contributed by atoms with E-state index in [1.54, 1.807) is 11.3 Å². The molecule has 5 heteroatoms. The Morgan fingerprint density at radius 3 is 2.64 bits per heavy atom. The van der Waals surface area contributed by atoms with Gasteiger partial charge in [0.15, 0.2) is 5.11 Å². The molecule has 1 aliphatic rings. The lowest BCUT2D eigenvalue weighted by Gasteiger charge is -2.27. The number of thiophene rings is 1. The van der Waals surface area contributed by atoms with Crippen LogP contribution in [0.5, 0.6) is 0 Å². The van der Waals surface area contributed by atoms with Crippen molar-refractivity contribution in [2.24, 2.45) is 0 Å². The molecule has 1 fully saturated rings. The van der Waals surface area contributed by atoms with Crippen LogP contribution in [0.1, 0.15) is 33.8 Å². The molecule has 2 atom stereocenters. The van der Waals surface area contributed by atoms with E-state index in [1.165, 1.54) is 16.0 Å². The summed E-state index contributed by atoms with van der Waals surface area (Å²) in [6.45, 7) is 4.27. The number of aromatic nitrogens is 1. The van der Waals surface area contributed by atoms with Crippen molar-refractivity contribution >= 4 is 34.4 Å². The fourth-order valence-corrected chi connectivity index (χ4v) is 4.46. The highest BCUT2D eigenvalue weighted by atomic mass is 32.1. The van der Waals surface area contributed by atoms with Crippen LogP contribution in [0, 0.1) is 13.8 Å². The summed E-state index contributed by atoms with van der Waals surface area (Å²) in [6.07, 6.45) is 1.84. The lowest BCUT2D eigenvalue weighted by molar-refractivity contribution is 0.575. The molecule has 2 unspecified atom stereocenters. The SMILES string of the molecule is Cc1ccc(N2C(=S)NC(c3ccccn3)C2c2cccs2)cc1C. The first-order valence-electron chi connectivity index (χ1n) is 8.26. The van der Waals surface area contributed by atoms with Gasteiger partial charge in [0.2, 0.25) is 0 Å².